The van der Waals surface area contributed by atoms with Gasteiger partial charge >= 0.3 is 0 Å². The van der Waals surface area contributed by atoms with Crippen LogP contribution in [0.15, 0.2) is 48.5 Å². The molecule has 0 spiro atoms. The summed E-state index contributed by atoms with van der Waals surface area (Å²) < 4.78 is 0. The Labute approximate surface area is 109 Å². The van der Waals surface area contributed by atoms with Gasteiger partial charge in [-0.2, -0.15) is 0 Å². The molecule has 0 atom stereocenters. The van der Waals surface area contributed by atoms with Crippen molar-refractivity contribution in [1.82, 2.24) is 0 Å². The molecule has 0 aromatic heterocycles. The molecule has 1 aliphatic rings. The van der Waals surface area contributed by atoms with Crippen molar-refractivity contribution in [1.29, 1.82) is 0 Å². The molecule has 0 saturated carbocycles. The van der Waals surface area contributed by atoms with Crippen molar-refractivity contribution in [2.75, 3.05) is 0 Å². The zero-order chi connectivity index (χ0) is 12.8. The van der Waals surface area contributed by atoms with E-state index in [1.807, 2.05) is 0 Å². The lowest BCUT2D eigenvalue weighted by Crippen LogP contribution is -2.16. The molecule has 2 aromatic rings. The molecule has 3 rings (SSSR count). The first-order valence-corrected chi connectivity index (χ1v) is 6.48. The molecule has 18 heavy (non-hydrogen) atoms. The van der Waals surface area contributed by atoms with Gasteiger partial charge in [0.2, 0.25) is 0 Å². The zero-order valence-corrected chi connectivity index (χ0v) is 11.2. The second-order valence-corrected chi connectivity index (χ2v) is 5.64. The molecule has 0 unspecified atom stereocenters. The SMILES string of the molecule is Cc1ccc(C2=Cc3ccccc3C2(C)C)cc1. The highest BCUT2D eigenvalue weighted by Gasteiger charge is 2.32. The Morgan fingerprint density at radius 2 is 1.50 bits per heavy atom. The normalized spacial score (nSPS) is 16.3. The Bertz CT molecular complexity index is 613. The second-order valence-electron chi connectivity index (χ2n) is 5.64. The first kappa shape index (κ1) is 11.3. The number of aryl methyl sites for hydroxylation is 1. The molecule has 0 bridgehead atoms. The smallest absolute Gasteiger partial charge is 0.0158 e. The molecule has 0 N–H and O–H groups in total. The third-order valence-electron chi connectivity index (χ3n) is 3.97. The number of benzene rings is 2. The van der Waals surface area contributed by atoms with Crippen molar-refractivity contribution in [3.63, 3.8) is 0 Å². The zero-order valence-electron chi connectivity index (χ0n) is 11.2. The van der Waals surface area contributed by atoms with Crippen molar-refractivity contribution in [2.24, 2.45) is 0 Å². The highest BCUT2D eigenvalue weighted by Crippen LogP contribution is 2.46. The minimum Gasteiger partial charge on any atom is -0.0619 e. The van der Waals surface area contributed by atoms with Gasteiger partial charge in [-0.1, -0.05) is 67.9 Å². The van der Waals surface area contributed by atoms with Crippen molar-refractivity contribution in [3.05, 3.63) is 70.8 Å². The molecule has 0 radical (unpaired) electrons. The van der Waals surface area contributed by atoms with Gasteiger partial charge in [0.1, 0.15) is 0 Å². The van der Waals surface area contributed by atoms with Crippen LogP contribution in [0.4, 0.5) is 0 Å². The number of rotatable bonds is 1. The minimum atomic E-state index is 0.103. The van der Waals surface area contributed by atoms with Crippen LogP contribution in [0.25, 0.3) is 11.6 Å². The molecule has 0 amide bonds. The van der Waals surface area contributed by atoms with Crippen LogP contribution < -0.4 is 0 Å². The Hall–Kier alpha value is -1.82. The summed E-state index contributed by atoms with van der Waals surface area (Å²) in [5, 5.41) is 0. The third-order valence-corrected chi connectivity index (χ3v) is 3.97. The van der Waals surface area contributed by atoms with E-state index >= 15 is 0 Å². The van der Waals surface area contributed by atoms with E-state index in [0.717, 1.165) is 0 Å². The average Bonchev–Trinajstić information content (AvgIpc) is 2.63. The van der Waals surface area contributed by atoms with Crippen LogP contribution in [0, 0.1) is 6.92 Å². The molecule has 0 aliphatic heterocycles. The first-order valence-electron chi connectivity index (χ1n) is 6.48. The van der Waals surface area contributed by atoms with Gasteiger partial charge < -0.3 is 0 Å². The van der Waals surface area contributed by atoms with Crippen LogP contribution in [0.1, 0.15) is 36.1 Å². The van der Waals surface area contributed by atoms with Crippen molar-refractivity contribution in [3.8, 4) is 0 Å². The summed E-state index contributed by atoms with van der Waals surface area (Å²) in [4.78, 5) is 0. The van der Waals surface area contributed by atoms with Crippen molar-refractivity contribution < 1.29 is 0 Å². The quantitative estimate of drug-likeness (QED) is 0.663. The summed E-state index contributed by atoms with van der Waals surface area (Å²) in [6.45, 7) is 6.75. The molecule has 0 heterocycles. The van der Waals surface area contributed by atoms with E-state index in [9.17, 15) is 0 Å². The molecular weight excluding hydrogens is 216 g/mol. The summed E-state index contributed by atoms with van der Waals surface area (Å²) in [5.74, 6) is 0. The van der Waals surface area contributed by atoms with E-state index in [1.165, 1.54) is 27.8 Å². The Kier molecular flexibility index (Phi) is 2.41. The summed E-state index contributed by atoms with van der Waals surface area (Å²) in [6.07, 6.45) is 2.33. The van der Waals surface area contributed by atoms with E-state index in [0.29, 0.717) is 0 Å². The Morgan fingerprint density at radius 3 is 2.17 bits per heavy atom. The predicted octanol–water partition coefficient (Wildman–Crippen LogP) is 4.83. The Balaban J connectivity index is 2.13. The van der Waals surface area contributed by atoms with E-state index in [1.54, 1.807) is 0 Å². The molecule has 90 valence electrons. The maximum Gasteiger partial charge on any atom is 0.0158 e. The molecular formula is C18H18. The average molecular weight is 234 g/mol. The lowest BCUT2D eigenvalue weighted by atomic mass is 9.78. The van der Waals surface area contributed by atoms with E-state index in [-0.39, 0.29) is 5.41 Å². The van der Waals surface area contributed by atoms with Crippen LogP contribution in [-0.2, 0) is 5.41 Å². The monoisotopic (exact) mass is 234 g/mol. The summed E-state index contributed by atoms with van der Waals surface area (Å²) in [5.41, 5.74) is 6.96. The molecule has 0 saturated heterocycles. The number of fused-ring (bicyclic) bond motifs is 1. The van der Waals surface area contributed by atoms with Gasteiger partial charge in [-0.05, 0) is 35.3 Å². The molecule has 0 nitrogen and oxygen atoms in total. The maximum atomic E-state index is 2.33. The minimum absolute atomic E-state index is 0.103. The lowest BCUT2D eigenvalue weighted by molar-refractivity contribution is 0.704. The third kappa shape index (κ3) is 1.60. The van der Waals surface area contributed by atoms with E-state index < -0.39 is 0 Å². The standard InChI is InChI=1S/C18H18/c1-13-8-10-14(11-9-13)17-12-15-6-4-5-7-16(15)18(17,2)3/h4-12H,1-3H3. The summed E-state index contributed by atoms with van der Waals surface area (Å²) >= 11 is 0. The number of allylic oxidation sites excluding steroid dienone is 1. The van der Waals surface area contributed by atoms with Gasteiger partial charge in [0, 0.05) is 5.41 Å². The van der Waals surface area contributed by atoms with Gasteiger partial charge in [0.15, 0.2) is 0 Å². The first-order chi connectivity index (χ1) is 8.59. The van der Waals surface area contributed by atoms with Crippen molar-refractivity contribution in [2.45, 2.75) is 26.2 Å². The van der Waals surface area contributed by atoms with Gasteiger partial charge in [0.05, 0.1) is 0 Å². The number of hydrogen-bond donors (Lipinski definition) is 0. The van der Waals surface area contributed by atoms with Crippen LogP contribution in [0.3, 0.4) is 0 Å². The molecule has 0 heteroatoms. The lowest BCUT2D eigenvalue weighted by Gasteiger charge is -2.25. The summed E-state index contributed by atoms with van der Waals surface area (Å²) in [6, 6.07) is 17.5. The topological polar surface area (TPSA) is 0 Å². The molecule has 2 aromatic carbocycles. The van der Waals surface area contributed by atoms with Gasteiger partial charge in [0.25, 0.3) is 0 Å². The maximum absolute atomic E-state index is 2.33. The fourth-order valence-corrected chi connectivity index (χ4v) is 2.85. The second kappa shape index (κ2) is 3.84. The highest BCUT2D eigenvalue weighted by molar-refractivity contribution is 5.93. The highest BCUT2D eigenvalue weighted by atomic mass is 14.4. The van der Waals surface area contributed by atoms with Crippen LogP contribution in [0.5, 0.6) is 0 Å². The van der Waals surface area contributed by atoms with Gasteiger partial charge in [-0.3, -0.25) is 0 Å². The number of hydrogen-bond acceptors (Lipinski definition) is 0. The fourth-order valence-electron chi connectivity index (χ4n) is 2.85. The largest absolute Gasteiger partial charge is 0.0619 e. The van der Waals surface area contributed by atoms with E-state index in [4.69, 9.17) is 0 Å². The van der Waals surface area contributed by atoms with E-state index in [2.05, 4.69) is 75.4 Å². The fraction of sp³-hybridized carbons (Fsp3) is 0.222. The predicted molar refractivity (Wildman–Crippen MR) is 78.5 cm³/mol. The molecule has 1 aliphatic carbocycles. The van der Waals surface area contributed by atoms with Crippen molar-refractivity contribution >= 4 is 11.6 Å². The molecule has 0 fully saturated rings. The van der Waals surface area contributed by atoms with Gasteiger partial charge in [-0.25, -0.2) is 0 Å². The summed E-state index contributed by atoms with van der Waals surface area (Å²) in [7, 11) is 0. The van der Waals surface area contributed by atoms with Gasteiger partial charge in [-0.15, -0.1) is 0 Å². The van der Waals surface area contributed by atoms with Crippen LogP contribution in [0.2, 0.25) is 0 Å². The van der Waals surface area contributed by atoms with Crippen LogP contribution in [-0.4, -0.2) is 0 Å². The Morgan fingerprint density at radius 1 is 0.833 bits per heavy atom. The van der Waals surface area contributed by atoms with Crippen LogP contribution >= 0.6 is 0 Å².